The SMILES string of the molecule is CC(C)NC(=O)OCc1c(COC(=O)NC(C)C)c(-c2cccc(Cl)c2)n2c1CCC2. The van der Waals surface area contributed by atoms with Crippen molar-refractivity contribution >= 4 is 23.8 Å². The molecular formula is C23H30ClN3O4. The van der Waals surface area contributed by atoms with Crippen LogP contribution in [0.25, 0.3) is 11.3 Å². The molecule has 1 aliphatic heterocycles. The summed E-state index contributed by atoms with van der Waals surface area (Å²) in [6, 6.07) is 7.57. The van der Waals surface area contributed by atoms with E-state index in [0.29, 0.717) is 5.02 Å². The first-order valence-electron chi connectivity index (χ1n) is 10.6. The summed E-state index contributed by atoms with van der Waals surface area (Å²) in [5, 5.41) is 6.10. The van der Waals surface area contributed by atoms with Crippen LogP contribution in [0.15, 0.2) is 24.3 Å². The van der Waals surface area contributed by atoms with E-state index in [1.54, 1.807) is 0 Å². The number of aromatic nitrogens is 1. The van der Waals surface area contributed by atoms with Gasteiger partial charge in [0, 0.05) is 46.0 Å². The van der Waals surface area contributed by atoms with Gasteiger partial charge in [0.25, 0.3) is 0 Å². The number of carbonyl (C=O) groups excluding carboxylic acids is 2. The molecule has 1 aliphatic rings. The molecule has 0 bridgehead atoms. The van der Waals surface area contributed by atoms with Crippen molar-refractivity contribution in [2.24, 2.45) is 0 Å². The first-order chi connectivity index (χ1) is 14.8. The Balaban J connectivity index is 1.97. The molecule has 2 amide bonds. The predicted octanol–water partition coefficient (Wildman–Crippen LogP) is 5.02. The highest BCUT2D eigenvalue weighted by Crippen LogP contribution is 2.37. The molecule has 0 atom stereocenters. The van der Waals surface area contributed by atoms with Crippen LogP contribution in [0.2, 0.25) is 5.02 Å². The number of carbonyl (C=O) groups is 2. The van der Waals surface area contributed by atoms with Crippen LogP contribution < -0.4 is 10.6 Å². The lowest BCUT2D eigenvalue weighted by atomic mass is 10.0. The van der Waals surface area contributed by atoms with Crippen molar-refractivity contribution in [2.45, 2.75) is 72.4 Å². The van der Waals surface area contributed by atoms with E-state index in [2.05, 4.69) is 15.2 Å². The maximum Gasteiger partial charge on any atom is 0.407 e. The molecule has 0 aliphatic carbocycles. The van der Waals surface area contributed by atoms with Crippen molar-refractivity contribution in [1.82, 2.24) is 15.2 Å². The van der Waals surface area contributed by atoms with Crippen molar-refractivity contribution in [1.29, 1.82) is 0 Å². The summed E-state index contributed by atoms with van der Waals surface area (Å²) in [5.41, 5.74) is 4.73. The van der Waals surface area contributed by atoms with Crippen LogP contribution in [-0.4, -0.2) is 28.8 Å². The fourth-order valence-electron chi connectivity index (χ4n) is 3.84. The number of hydrogen-bond acceptors (Lipinski definition) is 4. The van der Waals surface area contributed by atoms with Gasteiger partial charge in [0.1, 0.15) is 13.2 Å². The predicted molar refractivity (Wildman–Crippen MR) is 120 cm³/mol. The monoisotopic (exact) mass is 447 g/mol. The van der Waals surface area contributed by atoms with Gasteiger partial charge in [0.2, 0.25) is 0 Å². The number of hydrogen-bond donors (Lipinski definition) is 2. The van der Waals surface area contributed by atoms with E-state index >= 15 is 0 Å². The second-order valence-corrected chi connectivity index (χ2v) is 8.70. The van der Waals surface area contributed by atoms with Crippen LogP contribution in [0.1, 0.15) is 50.9 Å². The van der Waals surface area contributed by atoms with Gasteiger partial charge in [0.15, 0.2) is 0 Å². The Morgan fingerprint density at radius 2 is 1.65 bits per heavy atom. The van der Waals surface area contributed by atoms with Gasteiger partial charge >= 0.3 is 12.2 Å². The molecule has 0 saturated carbocycles. The van der Waals surface area contributed by atoms with Gasteiger partial charge in [0.05, 0.1) is 5.69 Å². The maximum absolute atomic E-state index is 12.1. The molecule has 2 heterocycles. The van der Waals surface area contributed by atoms with Gasteiger partial charge in [-0.05, 0) is 52.7 Å². The molecule has 168 valence electrons. The summed E-state index contributed by atoms with van der Waals surface area (Å²) in [5.74, 6) is 0. The third-order valence-electron chi connectivity index (χ3n) is 5.00. The number of fused-ring (bicyclic) bond motifs is 1. The van der Waals surface area contributed by atoms with Gasteiger partial charge in [-0.25, -0.2) is 9.59 Å². The van der Waals surface area contributed by atoms with Gasteiger partial charge in [-0.1, -0.05) is 23.7 Å². The Hall–Kier alpha value is -2.67. The van der Waals surface area contributed by atoms with Gasteiger partial charge in [-0.3, -0.25) is 0 Å². The molecule has 7 nitrogen and oxygen atoms in total. The summed E-state index contributed by atoms with van der Waals surface area (Å²) in [7, 11) is 0. The number of ether oxygens (including phenoxy) is 2. The van der Waals surface area contributed by atoms with Gasteiger partial charge < -0.3 is 24.7 Å². The zero-order valence-electron chi connectivity index (χ0n) is 18.5. The fraction of sp³-hybridized carbons (Fsp3) is 0.478. The van der Waals surface area contributed by atoms with E-state index < -0.39 is 12.2 Å². The Morgan fingerprint density at radius 3 is 2.23 bits per heavy atom. The molecule has 0 unspecified atom stereocenters. The van der Waals surface area contributed by atoms with E-state index in [1.165, 1.54) is 0 Å². The van der Waals surface area contributed by atoms with Crippen LogP contribution in [0.5, 0.6) is 0 Å². The third kappa shape index (κ3) is 5.73. The molecule has 0 spiro atoms. The second-order valence-electron chi connectivity index (χ2n) is 8.27. The van der Waals surface area contributed by atoms with E-state index in [9.17, 15) is 9.59 Å². The summed E-state index contributed by atoms with van der Waals surface area (Å²) >= 11 is 6.26. The Bertz CT molecular complexity index is 953. The Labute approximate surface area is 188 Å². The highest BCUT2D eigenvalue weighted by atomic mass is 35.5. The molecule has 0 fully saturated rings. The third-order valence-corrected chi connectivity index (χ3v) is 5.23. The number of halogens is 1. The zero-order chi connectivity index (χ0) is 22.5. The topological polar surface area (TPSA) is 81.6 Å². The number of rotatable bonds is 7. The van der Waals surface area contributed by atoms with Crippen LogP contribution in [0.4, 0.5) is 9.59 Å². The van der Waals surface area contributed by atoms with E-state index in [1.807, 2.05) is 52.0 Å². The zero-order valence-corrected chi connectivity index (χ0v) is 19.2. The van der Waals surface area contributed by atoms with Crippen LogP contribution in [0.3, 0.4) is 0 Å². The Morgan fingerprint density at radius 1 is 1.03 bits per heavy atom. The summed E-state index contributed by atoms with van der Waals surface area (Å²) in [6.07, 6.45) is 0.920. The Kier molecular flexibility index (Phi) is 7.49. The first kappa shape index (κ1) is 23.0. The van der Waals surface area contributed by atoms with Crippen molar-refractivity contribution in [3.8, 4) is 11.3 Å². The maximum atomic E-state index is 12.1. The molecule has 1 aromatic carbocycles. The average molecular weight is 448 g/mol. The lowest BCUT2D eigenvalue weighted by Gasteiger charge is -2.14. The average Bonchev–Trinajstić information content (AvgIpc) is 3.24. The van der Waals surface area contributed by atoms with Gasteiger partial charge in [-0.15, -0.1) is 0 Å². The first-order valence-corrected chi connectivity index (χ1v) is 11.0. The second kappa shape index (κ2) is 10.1. The smallest absolute Gasteiger partial charge is 0.407 e. The highest BCUT2D eigenvalue weighted by Gasteiger charge is 2.28. The van der Waals surface area contributed by atoms with E-state index in [4.69, 9.17) is 21.1 Å². The minimum absolute atomic E-state index is 0.0168. The van der Waals surface area contributed by atoms with Crippen LogP contribution in [0, 0.1) is 0 Å². The molecule has 3 rings (SSSR count). The minimum atomic E-state index is -0.483. The molecule has 31 heavy (non-hydrogen) atoms. The van der Waals surface area contributed by atoms with E-state index in [-0.39, 0.29) is 25.3 Å². The number of benzene rings is 1. The molecular weight excluding hydrogens is 418 g/mol. The van der Waals surface area contributed by atoms with Crippen molar-refractivity contribution in [3.05, 3.63) is 46.1 Å². The lowest BCUT2D eigenvalue weighted by Crippen LogP contribution is -2.31. The van der Waals surface area contributed by atoms with E-state index in [0.717, 1.165) is 47.5 Å². The van der Waals surface area contributed by atoms with Crippen LogP contribution >= 0.6 is 11.6 Å². The highest BCUT2D eigenvalue weighted by molar-refractivity contribution is 6.30. The minimum Gasteiger partial charge on any atom is -0.445 e. The van der Waals surface area contributed by atoms with Crippen LogP contribution in [-0.2, 0) is 35.7 Å². The molecule has 0 saturated heterocycles. The molecule has 2 aromatic rings. The summed E-state index contributed by atoms with van der Waals surface area (Å²) in [4.78, 5) is 24.2. The lowest BCUT2D eigenvalue weighted by molar-refractivity contribution is 0.129. The number of alkyl carbamates (subject to hydrolysis) is 2. The summed E-state index contributed by atoms with van der Waals surface area (Å²) < 4.78 is 13.3. The molecule has 0 radical (unpaired) electrons. The molecule has 8 heteroatoms. The number of amides is 2. The molecule has 2 N–H and O–H groups in total. The standard InChI is InChI=1S/C23H30ClN3O4/c1-14(2)25-22(28)30-12-18-19(13-31-23(29)26-15(3)4)21(27-10-6-9-20(18)27)16-7-5-8-17(24)11-16/h5,7-8,11,14-15H,6,9-10,12-13H2,1-4H3,(H,25,28)(H,26,29). The van der Waals surface area contributed by atoms with Crippen molar-refractivity contribution < 1.29 is 19.1 Å². The number of nitrogens with one attached hydrogen (secondary N) is 2. The molecule has 1 aromatic heterocycles. The van der Waals surface area contributed by atoms with Crippen molar-refractivity contribution in [2.75, 3.05) is 0 Å². The number of nitrogens with zero attached hydrogens (tertiary/aromatic N) is 1. The van der Waals surface area contributed by atoms with Crippen molar-refractivity contribution in [3.63, 3.8) is 0 Å². The largest absolute Gasteiger partial charge is 0.445 e. The normalized spacial score (nSPS) is 12.7. The summed E-state index contributed by atoms with van der Waals surface area (Å²) in [6.45, 7) is 8.53. The fourth-order valence-corrected chi connectivity index (χ4v) is 4.03. The quantitative estimate of drug-likeness (QED) is 0.624. The van der Waals surface area contributed by atoms with Gasteiger partial charge in [-0.2, -0.15) is 0 Å².